The first-order valence-electron chi connectivity index (χ1n) is 10.3. The van der Waals surface area contributed by atoms with Crippen LogP contribution in [0.15, 0.2) is 45.8 Å². The topological polar surface area (TPSA) is 99.7 Å². The molecule has 3 heterocycles. The van der Waals surface area contributed by atoms with Crippen LogP contribution in [0, 0.1) is 0 Å². The van der Waals surface area contributed by atoms with Crippen molar-refractivity contribution < 1.29 is 27.4 Å². The number of benzene rings is 1. The van der Waals surface area contributed by atoms with Crippen molar-refractivity contribution in [3.63, 3.8) is 0 Å². The molecule has 12 heteroatoms. The number of aryl methyl sites for hydroxylation is 1. The zero-order valence-electron chi connectivity index (χ0n) is 17.9. The Balaban J connectivity index is 1.54. The molecule has 0 unspecified atom stereocenters. The minimum atomic E-state index is -4.76. The Hall–Kier alpha value is -3.28. The van der Waals surface area contributed by atoms with Crippen molar-refractivity contribution in [1.82, 2.24) is 9.55 Å². The van der Waals surface area contributed by atoms with Crippen molar-refractivity contribution in [3.05, 3.63) is 56.9 Å². The smallest absolute Gasteiger partial charge is 0.490 e. The van der Waals surface area contributed by atoms with Gasteiger partial charge in [0.1, 0.15) is 33.3 Å². The maximum absolute atomic E-state index is 12.9. The summed E-state index contributed by atoms with van der Waals surface area (Å²) in [4.78, 5) is 31.5. The maximum Gasteiger partial charge on any atom is 0.573 e. The predicted molar refractivity (Wildman–Crippen MR) is 122 cm³/mol. The molecule has 2 N–H and O–H groups in total. The third-order valence-corrected chi connectivity index (χ3v) is 5.99. The van der Waals surface area contributed by atoms with Gasteiger partial charge in [-0.05, 0) is 52.3 Å². The van der Waals surface area contributed by atoms with Crippen LogP contribution in [0.2, 0.25) is 0 Å². The summed E-state index contributed by atoms with van der Waals surface area (Å²) in [5.74, 6) is -0.751. The van der Waals surface area contributed by atoms with E-state index in [1.807, 2.05) is 4.90 Å². The SMILES string of the molecule is Cn1c(=O)c(C(N)=O)c(N2CCC(Oc3ccc(OC(F)(F)F)cc3)CC2)c2nc(Br)ccc21. The number of hydrogen-bond acceptors (Lipinski definition) is 6. The summed E-state index contributed by atoms with van der Waals surface area (Å²) in [7, 11) is 1.56. The van der Waals surface area contributed by atoms with E-state index in [2.05, 4.69) is 25.7 Å². The highest BCUT2D eigenvalue weighted by atomic mass is 79.9. The first-order chi connectivity index (χ1) is 16.0. The van der Waals surface area contributed by atoms with Gasteiger partial charge in [0.05, 0.1) is 11.2 Å². The van der Waals surface area contributed by atoms with Gasteiger partial charge in [0.2, 0.25) is 0 Å². The van der Waals surface area contributed by atoms with Gasteiger partial charge in [0.15, 0.2) is 0 Å². The molecule has 34 heavy (non-hydrogen) atoms. The molecule has 1 saturated heterocycles. The van der Waals surface area contributed by atoms with E-state index in [1.165, 1.54) is 28.8 Å². The summed E-state index contributed by atoms with van der Waals surface area (Å²) < 4.78 is 48.6. The van der Waals surface area contributed by atoms with Gasteiger partial charge in [-0.25, -0.2) is 4.98 Å². The molecule has 1 aliphatic rings. The van der Waals surface area contributed by atoms with E-state index in [0.717, 1.165) is 0 Å². The van der Waals surface area contributed by atoms with E-state index in [0.29, 0.717) is 53.0 Å². The van der Waals surface area contributed by atoms with E-state index in [4.69, 9.17) is 10.5 Å². The lowest BCUT2D eigenvalue weighted by atomic mass is 10.0. The molecular formula is C22H20BrF3N4O4. The van der Waals surface area contributed by atoms with Crippen molar-refractivity contribution in [2.75, 3.05) is 18.0 Å². The highest BCUT2D eigenvalue weighted by Gasteiger charge is 2.31. The summed E-state index contributed by atoms with van der Waals surface area (Å²) in [5, 5.41) is 0. The van der Waals surface area contributed by atoms with Crippen LogP contribution in [0.25, 0.3) is 11.0 Å². The summed E-state index contributed by atoms with van der Waals surface area (Å²) in [6.07, 6.45) is -3.88. The first kappa shape index (κ1) is 23.9. The van der Waals surface area contributed by atoms with Crippen LogP contribution < -0.4 is 25.7 Å². The molecule has 8 nitrogen and oxygen atoms in total. The number of aromatic nitrogens is 2. The highest BCUT2D eigenvalue weighted by molar-refractivity contribution is 9.10. The van der Waals surface area contributed by atoms with Gasteiger partial charge in [-0.15, -0.1) is 13.2 Å². The number of piperidine rings is 1. The fourth-order valence-electron chi connectivity index (χ4n) is 4.01. The molecule has 2 aromatic heterocycles. The molecule has 0 spiro atoms. The van der Waals surface area contributed by atoms with Crippen LogP contribution in [0.4, 0.5) is 18.9 Å². The van der Waals surface area contributed by atoms with Gasteiger partial charge in [-0.1, -0.05) is 0 Å². The Morgan fingerprint density at radius 2 is 1.74 bits per heavy atom. The molecule has 1 amide bonds. The molecule has 0 bridgehead atoms. The van der Waals surface area contributed by atoms with Crippen LogP contribution in [0.5, 0.6) is 11.5 Å². The fraction of sp³-hybridized carbons (Fsp3) is 0.318. The number of alkyl halides is 3. The van der Waals surface area contributed by atoms with E-state index < -0.39 is 17.8 Å². The number of anilines is 1. The predicted octanol–water partition coefficient (Wildman–Crippen LogP) is 3.74. The van der Waals surface area contributed by atoms with Crippen molar-refractivity contribution >= 4 is 38.6 Å². The second-order valence-corrected chi connectivity index (χ2v) is 8.59. The number of nitrogens with zero attached hydrogens (tertiary/aromatic N) is 3. The zero-order chi connectivity index (χ0) is 24.6. The maximum atomic E-state index is 12.9. The molecule has 1 fully saturated rings. The third-order valence-electron chi connectivity index (χ3n) is 5.55. The van der Waals surface area contributed by atoms with Crippen LogP contribution in [-0.4, -0.2) is 41.0 Å². The lowest BCUT2D eigenvalue weighted by Crippen LogP contribution is -2.41. The molecule has 0 atom stereocenters. The number of halogens is 4. The van der Waals surface area contributed by atoms with Gasteiger partial charge in [-0.2, -0.15) is 0 Å². The third kappa shape index (κ3) is 4.96. The second kappa shape index (κ2) is 9.16. The zero-order valence-corrected chi connectivity index (χ0v) is 19.5. The number of hydrogen-bond donors (Lipinski definition) is 1. The van der Waals surface area contributed by atoms with Gasteiger partial charge in [0, 0.05) is 33.0 Å². The number of carbonyl (C=O) groups excluding carboxylic acids is 1. The Bertz CT molecular complexity index is 1290. The average Bonchev–Trinajstić information content (AvgIpc) is 2.77. The van der Waals surface area contributed by atoms with Crippen molar-refractivity contribution in [2.45, 2.75) is 25.3 Å². The normalized spacial score (nSPS) is 14.9. The van der Waals surface area contributed by atoms with Crippen LogP contribution in [-0.2, 0) is 7.05 Å². The van der Waals surface area contributed by atoms with E-state index in [1.54, 1.807) is 19.2 Å². The Morgan fingerprint density at radius 1 is 1.12 bits per heavy atom. The summed E-state index contributed by atoms with van der Waals surface area (Å²) >= 11 is 3.34. The summed E-state index contributed by atoms with van der Waals surface area (Å²) in [6, 6.07) is 8.65. The molecule has 0 aliphatic carbocycles. The van der Waals surface area contributed by atoms with Gasteiger partial charge in [-0.3, -0.25) is 9.59 Å². The van der Waals surface area contributed by atoms with Crippen molar-refractivity contribution in [1.29, 1.82) is 0 Å². The molecular weight excluding hydrogens is 521 g/mol. The molecule has 4 rings (SSSR count). The van der Waals surface area contributed by atoms with Crippen molar-refractivity contribution in [2.24, 2.45) is 12.8 Å². The Morgan fingerprint density at radius 3 is 2.32 bits per heavy atom. The monoisotopic (exact) mass is 540 g/mol. The summed E-state index contributed by atoms with van der Waals surface area (Å²) in [5.41, 5.74) is 6.38. The summed E-state index contributed by atoms with van der Waals surface area (Å²) in [6.45, 7) is 0.910. The van der Waals surface area contributed by atoms with E-state index >= 15 is 0 Å². The molecule has 0 saturated carbocycles. The number of carbonyl (C=O) groups is 1. The van der Waals surface area contributed by atoms with Crippen LogP contribution >= 0.6 is 15.9 Å². The molecule has 180 valence electrons. The van der Waals surface area contributed by atoms with E-state index in [-0.39, 0.29) is 17.4 Å². The molecule has 1 aliphatic heterocycles. The Kier molecular flexibility index (Phi) is 6.43. The second-order valence-electron chi connectivity index (χ2n) is 7.78. The van der Waals surface area contributed by atoms with Crippen molar-refractivity contribution in [3.8, 4) is 11.5 Å². The largest absolute Gasteiger partial charge is 0.573 e. The number of ether oxygens (including phenoxy) is 2. The molecule has 0 radical (unpaired) electrons. The van der Waals surface area contributed by atoms with Gasteiger partial charge in [0.25, 0.3) is 11.5 Å². The number of fused-ring (bicyclic) bond motifs is 1. The fourth-order valence-corrected chi connectivity index (χ4v) is 4.32. The Labute approximate surface area is 200 Å². The number of primary amides is 1. The first-order valence-corrected chi connectivity index (χ1v) is 11.1. The number of nitrogens with two attached hydrogens (primary N) is 1. The van der Waals surface area contributed by atoms with Crippen LogP contribution in [0.1, 0.15) is 23.2 Å². The number of rotatable bonds is 5. The van der Waals surface area contributed by atoms with E-state index in [9.17, 15) is 22.8 Å². The molecule has 3 aromatic rings. The minimum Gasteiger partial charge on any atom is -0.490 e. The lowest BCUT2D eigenvalue weighted by Gasteiger charge is -2.35. The minimum absolute atomic E-state index is 0.125. The average molecular weight is 541 g/mol. The highest BCUT2D eigenvalue weighted by Crippen LogP contribution is 2.32. The quantitative estimate of drug-likeness (QED) is 0.495. The van der Waals surface area contributed by atoms with Crippen LogP contribution in [0.3, 0.4) is 0 Å². The van der Waals surface area contributed by atoms with Gasteiger partial charge >= 0.3 is 6.36 Å². The number of amides is 1. The number of pyridine rings is 2. The molecule has 1 aromatic carbocycles. The lowest BCUT2D eigenvalue weighted by molar-refractivity contribution is -0.274. The van der Waals surface area contributed by atoms with Gasteiger partial charge < -0.3 is 24.7 Å². The standard InChI is InChI=1S/C22H20BrF3N4O4/c1-29-15-6-7-16(23)28-18(15)19(17(20(27)31)21(29)32)30-10-8-13(9-11-30)33-12-2-4-14(5-3-12)34-22(24,25)26/h2-7,13H,8-11H2,1H3,(H2,27,31).